The van der Waals surface area contributed by atoms with Crippen molar-refractivity contribution in [1.29, 1.82) is 0 Å². The third-order valence-corrected chi connectivity index (χ3v) is 4.72. The Balaban J connectivity index is 1.45. The summed E-state index contributed by atoms with van der Waals surface area (Å²) in [6.07, 6.45) is 1.47. The monoisotopic (exact) mass is 381 g/mol. The molecular weight excluding hydrogens is 366 g/mol. The zero-order valence-electron chi connectivity index (χ0n) is 15.3. The third kappa shape index (κ3) is 3.19. The highest BCUT2D eigenvalue weighted by Gasteiger charge is 2.13. The van der Waals surface area contributed by atoms with Crippen LogP contribution in [-0.2, 0) is 11.3 Å². The molecule has 0 saturated heterocycles. The summed E-state index contributed by atoms with van der Waals surface area (Å²) < 4.78 is 7.06. The Kier molecular flexibility index (Phi) is 4.18. The third-order valence-electron chi connectivity index (χ3n) is 4.72. The van der Waals surface area contributed by atoms with Crippen LogP contribution in [0.25, 0.3) is 27.4 Å². The molecule has 3 aromatic carbocycles. The minimum atomic E-state index is -0.432. The Morgan fingerprint density at radius 3 is 2.52 bits per heavy atom. The van der Waals surface area contributed by atoms with Gasteiger partial charge in [-0.05, 0) is 40.1 Å². The van der Waals surface area contributed by atoms with E-state index in [1.807, 2.05) is 48.5 Å². The molecule has 140 valence electrons. The number of fused-ring (bicyclic) bond motifs is 3. The van der Waals surface area contributed by atoms with E-state index in [9.17, 15) is 4.79 Å². The van der Waals surface area contributed by atoms with Gasteiger partial charge in [-0.25, -0.2) is 14.5 Å². The van der Waals surface area contributed by atoms with Crippen LogP contribution < -0.4 is 0 Å². The maximum Gasteiger partial charge on any atom is 0.338 e. The number of pyridine rings is 1. The molecule has 0 amide bonds. The minimum absolute atomic E-state index is 0.0826. The lowest BCUT2D eigenvalue weighted by Crippen LogP contribution is -2.08. The Hall–Kier alpha value is -4.13. The first kappa shape index (κ1) is 17.0. The summed E-state index contributed by atoms with van der Waals surface area (Å²) in [4.78, 5) is 17.3. The Labute approximate surface area is 165 Å². The first-order chi connectivity index (χ1) is 14.3. The normalized spacial score (nSPS) is 11.0. The first-order valence-corrected chi connectivity index (χ1v) is 9.06. The van der Waals surface area contributed by atoms with Crippen molar-refractivity contribution in [2.24, 2.45) is 0 Å². The van der Waals surface area contributed by atoms with Gasteiger partial charge in [-0.2, -0.15) is 0 Å². The number of esters is 1. The summed E-state index contributed by atoms with van der Waals surface area (Å²) in [5, 5.41) is 14.2. The lowest BCUT2D eigenvalue weighted by Gasteiger charge is -2.10. The Morgan fingerprint density at radius 2 is 1.69 bits per heavy atom. The van der Waals surface area contributed by atoms with Crippen molar-refractivity contribution in [3.05, 3.63) is 90.4 Å². The molecule has 2 aromatic heterocycles. The summed E-state index contributed by atoms with van der Waals surface area (Å²) in [6, 6.07) is 22.9. The standard InChI is InChI=1S/C22H15N5O2/c28-22(15-6-5-7-16(12-15)27-14-23-25-26-27)29-13-21-19-10-2-1-8-17(19)18-9-3-4-11-20(18)24-21/h1-12,14H,13H2. The number of benzene rings is 3. The first-order valence-electron chi connectivity index (χ1n) is 9.06. The van der Waals surface area contributed by atoms with Gasteiger partial charge in [0.05, 0.1) is 22.5 Å². The van der Waals surface area contributed by atoms with Gasteiger partial charge in [0.2, 0.25) is 0 Å². The SMILES string of the molecule is O=C(OCc1nc2ccccc2c2ccccc12)c1cccc(-n2cnnn2)c1. The highest BCUT2D eigenvalue weighted by Crippen LogP contribution is 2.26. The fourth-order valence-electron chi connectivity index (χ4n) is 3.36. The lowest BCUT2D eigenvalue weighted by atomic mass is 10.0. The molecule has 5 aromatic rings. The second-order valence-electron chi connectivity index (χ2n) is 6.50. The fraction of sp³-hybridized carbons (Fsp3) is 0.0455. The molecule has 5 rings (SSSR count). The second kappa shape index (κ2) is 7.12. The van der Waals surface area contributed by atoms with E-state index in [0.717, 1.165) is 27.4 Å². The summed E-state index contributed by atoms with van der Waals surface area (Å²) in [6.45, 7) is 0.0826. The van der Waals surface area contributed by atoms with E-state index >= 15 is 0 Å². The number of para-hydroxylation sites is 1. The highest BCUT2D eigenvalue weighted by atomic mass is 16.5. The summed E-state index contributed by atoms with van der Waals surface area (Å²) in [5.74, 6) is -0.432. The van der Waals surface area contributed by atoms with Gasteiger partial charge in [0.15, 0.2) is 0 Å². The molecule has 0 unspecified atom stereocenters. The second-order valence-corrected chi connectivity index (χ2v) is 6.50. The van der Waals surface area contributed by atoms with E-state index in [2.05, 4.69) is 21.6 Å². The van der Waals surface area contributed by atoms with Gasteiger partial charge in [0.25, 0.3) is 0 Å². The molecule has 0 saturated carbocycles. The number of tetrazole rings is 1. The average Bonchev–Trinajstić information content (AvgIpc) is 3.32. The predicted octanol–water partition coefficient (Wildman–Crippen LogP) is 3.72. The van der Waals surface area contributed by atoms with Crippen LogP contribution >= 0.6 is 0 Å². The molecule has 0 aliphatic carbocycles. The predicted molar refractivity (Wildman–Crippen MR) is 108 cm³/mol. The van der Waals surface area contributed by atoms with E-state index in [1.165, 1.54) is 11.0 Å². The highest BCUT2D eigenvalue weighted by molar-refractivity contribution is 6.06. The maximum atomic E-state index is 12.6. The van der Waals surface area contributed by atoms with E-state index < -0.39 is 5.97 Å². The molecule has 2 heterocycles. The zero-order valence-corrected chi connectivity index (χ0v) is 15.3. The Bertz CT molecular complexity index is 1330. The van der Waals surface area contributed by atoms with E-state index in [1.54, 1.807) is 18.2 Å². The molecule has 0 bridgehead atoms. The molecular formula is C22H15N5O2. The van der Waals surface area contributed by atoms with Crippen molar-refractivity contribution in [2.45, 2.75) is 6.61 Å². The van der Waals surface area contributed by atoms with Gasteiger partial charge in [-0.3, -0.25) is 0 Å². The molecule has 7 heteroatoms. The van der Waals surface area contributed by atoms with Crippen LogP contribution in [0.4, 0.5) is 0 Å². The van der Waals surface area contributed by atoms with Crippen molar-refractivity contribution in [1.82, 2.24) is 25.2 Å². The molecule has 29 heavy (non-hydrogen) atoms. The van der Waals surface area contributed by atoms with Crippen molar-refractivity contribution < 1.29 is 9.53 Å². The maximum absolute atomic E-state index is 12.6. The van der Waals surface area contributed by atoms with Crippen LogP contribution in [0.3, 0.4) is 0 Å². The van der Waals surface area contributed by atoms with Gasteiger partial charge in [-0.1, -0.05) is 48.5 Å². The smallest absolute Gasteiger partial charge is 0.338 e. The van der Waals surface area contributed by atoms with Gasteiger partial charge in [0, 0.05) is 10.8 Å². The van der Waals surface area contributed by atoms with Crippen molar-refractivity contribution >= 4 is 27.6 Å². The van der Waals surface area contributed by atoms with Crippen LogP contribution in [0.15, 0.2) is 79.1 Å². The minimum Gasteiger partial charge on any atom is -0.456 e. The number of hydrogen-bond donors (Lipinski definition) is 0. The van der Waals surface area contributed by atoms with Gasteiger partial charge in [0.1, 0.15) is 12.9 Å². The van der Waals surface area contributed by atoms with Crippen LogP contribution in [0.5, 0.6) is 0 Å². The molecule has 0 aliphatic rings. The van der Waals surface area contributed by atoms with Gasteiger partial charge >= 0.3 is 5.97 Å². The number of rotatable bonds is 4. The van der Waals surface area contributed by atoms with Crippen LogP contribution in [0.2, 0.25) is 0 Å². The number of ether oxygens (including phenoxy) is 1. The molecule has 0 spiro atoms. The van der Waals surface area contributed by atoms with E-state index in [4.69, 9.17) is 9.72 Å². The Morgan fingerprint density at radius 1 is 0.897 bits per heavy atom. The van der Waals surface area contributed by atoms with Gasteiger partial charge < -0.3 is 4.74 Å². The molecule has 7 nitrogen and oxygen atoms in total. The van der Waals surface area contributed by atoms with E-state index in [-0.39, 0.29) is 6.61 Å². The average molecular weight is 381 g/mol. The summed E-state index contributed by atoms with van der Waals surface area (Å²) in [5.41, 5.74) is 2.70. The largest absolute Gasteiger partial charge is 0.456 e. The van der Waals surface area contributed by atoms with Gasteiger partial charge in [-0.15, -0.1) is 5.10 Å². The summed E-state index contributed by atoms with van der Waals surface area (Å²) >= 11 is 0. The number of carbonyl (C=O) groups is 1. The molecule has 0 N–H and O–H groups in total. The van der Waals surface area contributed by atoms with Crippen molar-refractivity contribution in [3.8, 4) is 5.69 Å². The van der Waals surface area contributed by atoms with Crippen molar-refractivity contribution in [3.63, 3.8) is 0 Å². The molecule has 0 radical (unpaired) electrons. The van der Waals surface area contributed by atoms with Crippen LogP contribution in [0.1, 0.15) is 16.1 Å². The zero-order chi connectivity index (χ0) is 19.6. The fourth-order valence-corrected chi connectivity index (χ4v) is 3.36. The van der Waals surface area contributed by atoms with Crippen LogP contribution in [-0.4, -0.2) is 31.2 Å². The quantitative estimate of drug-likeness (QED) is 0.349. The van der Waals surface area contributed by atoms with Crippen molar-refractivity contribution in [2.75, 3.05) is 0 Å². The lowest BCUT2D eigenvalue weighted by molar-refractivity contribution is 0.0470. The number of nitrogens with zero attached hydrogens (tertiary/aromatic N) is 5. The van der Waals surface area contributed by atoms with Crippen LogP contribution in [0, 0.1) is 0 Å². The molecule has 0 fully saturated rings. The topological polar surface area (TPSA) is 82.8 Å². The molecule has 0 atom stereocenters. The summed E-state index contributed by atoms with van der Waals surface area (Å²) in [7, 11) is 0. The van der Waals surface area contributed by atoms with E-state index in [0.29, 0.717) is 11.3 Å². The number of carbonyl (C=O) groups excluding carboxylic acids is 1. The number of aromatic nitrogens is 5. The number of hydrogen-bond acceptors (Lipinski definition) is 6. The molecule has 0 aliphatic heterocycles.